The maximum absolute atomic E-state index is 6.14. The fourth-order valence-electron chi connectivity index (χ4n) is 3.15. The molecule has 0 aromatic heterocycles. The second kappa shape index (κ2) is 6.52. The quantitative estimate of drug-likeness (QED) is 0.798. The monoisotopic (exact) mass is 314 g/mol. The van der Waals surface area contributed by atoms with E-state index in [1.807, 2.05) is 18.2 Å². The first-order chi connectivity index (χ1) is 9.78. The Kier molecular flexibility index (Phi) is 4.72. The van der Waals surface area contributed by atoms with E-state index >= 15 is 0 Å². The highest BCUT2D eigenvalue weighted by molar-refractivity contribution is 6.31. The predicted molar refractivity (Wildman–Crippen MR) is 84.0 cm³/mol. The maximum Gasteiger partial charge on any atom is 0.0594 e. The van der Waals surface area contributed by atoms with Gasteiger partial charge in [0.1, 0.15) is 0 Å². The molecule has 1 unspecified atom stereocenters. The number of halogens is 2. The topological polar surface area (TPSA) is 15.7 Å². The Balaban J connectivity index is 1.71. The lowest BCUT2D eigenvalue weighted by molar-refractivity contribution is 0.0209. The van der Waals surface area contributed by atoms with Crippen LogP contribution in [0.1, 0.15) is 12.0 Å². The first kappa shape index (κ1) is 14.5. The zero-order valence-electron chi connectivity index (χ0n) is 11.5. The van der Waals surface area contributed by atoms with Gasteiger partial charge in [0.15, 0.2) is 0 Å². The molecule has 0 bridgehead atoms. The molecular formula is C15H20Cl2N2O. The van der Waals surface area contributed by atoms with Gasteiger partial charge in [-0.1, -0.05) is 17.7 Å². The van der Waals surface area contributed by atoms with E-state index in [0.29, 0.717) is 11.9 Å². The number of morpholine rings is 1. The molecule has 0 saturated carbocycles. The smallest absolute Gasteiger partial charge is 0.0594 e. The second-order valence-corrected chi connectivity index (χ2v) is 6.15. The normalized spacial score (nSPS) is 24.3. The predicted octanol–water partition coefficient (Wildman–Crippen LogP) is 2.99. The molecule has 0 radical (unpaired) electrons. The zero-order valence-corrected chi connectivity index (χ0v) is 13.0. The van der Waals surface area contributed by atoms with Crippen LogP contribution in [0.3, 0.4) is 0 Å². The summed E-state index contributed by atoms with van der Waals surface area (Å²) in [5.41, 5.74) is 2.36. The van der Waals surface area contributed by atoms with Crippen LogP contribution in [0, 0.1) is 0 Å². The molecule has 2 saturated heterocycles. The van der Waals surface area contributed by atoms with Crippen LogP contribution in [-0.4, -0.2) is 50.3 Å². The Bertz CT molecular complexity index is 463. The Labute approximate surface area is 130 Å². The summed E-state index contributed by atoms with van der Waals surface area (Å²) >= 11 is 12.2. The van der Waals surface area contributed by atoms with Crippen LogP contribution < -0.4 is 4.90 Å². The number of rotatable bonds is 3. The molecule has 1 aromatic carbocycles. The number of hydrogen-bond acceptors (Lipinski definition) is 3. The van der Waals surface area contributed by atoms with Crippen molar-refractivity contribution in [2.75, 3.05) is 44.3 Å². The lowest BCUT2D eigenvalue weighted by atomic mass is 10.2. The van der Waals surface area contributed by atoms with Crippen LogP contribution in [0.4, 0.5) is 5.69 Å². The number of ether oxygens (including phenoxy) is 1. The van der Waals surface area contributed by atoms with Crippen molar-refractivity contribution in [2.24, 2.45) is 0 Å². The Morgan fingerprint density at radius 2 is 2.00 bits per heavy atom. The summed E-state index contributed by atoms with van der Waals surface area (Å²) in [5.74, 6) is 0.533. The first-order valence-corrected chi connectivity index (χ1v) is 8.10. The van der Waals surface area contributed by atoms with Crippen molar-refractivity contribution in [1.82, 2.24) is 4.90 Å². The molecule has 0 spiro atoms. The minimum atomic E-state index is 0.533. The minimum Gasteiger partial charge on any atom is -0.379 e. The molecule has 2 aliphatic rings. The molecule has 2 aliphatic heterocycles. The fraction of sp³-hybridized carbons (Fsp3) is 0.600. The van der Waals surface area contributed by atoms with Gasteiger partial charge in [0.25, 0.3) is 0 Å². The van der Waals surface area contributed by atoms with Crippen molar-refractivity contribution in [1.29, 1.82) is 0 Å². The number of alkyl halides is 1. The van der Waals surface area contributed by atoms with Gasteiger partial charge in [-0.25, -0.2) is 0 Å². The molecule has 110 valence electrons. The van der Waals surface area contributed by atoms with E-state index < -0.39 is 0 Å². The molecule has 2 heterocycles. The summed E-state index contributed by atoms with van der Waals surface area (Å²) in [5, 5.41) is 0.781. The molecule has 5 heteroatoms. The van der Waals surface area contributed by atoms with E-state index in [0.717, 1.165) is 44.4 Å². The van der Waals surface area contributed by atoms with E-state index in [2.05, 4.69) is 9.80 Å². The van der Waals surface area contributed by atoms with Gasteiger partial charge in [-0.3, -0.25) is 4.90 Å². The third-order valence-corrected chi connectivity index (χ3v) is 4.78. The highest BCUT2D eigenvalue weighted by atomic mass is 35.5. The molecule has 0 N–H and O–H groups in total. The molecule has 0 amide bonds. The highest BCUT2D eigenvalue weighted by Crippen LogP contribution is 2.30. The van der Waals surface area contributed by atoms with Gasteiger partial charge in [0.2, 0.25) is 0 Å². The van der Waals surface area contributed by atoms with E-state index in [-0.39, 0.29) is 0 Å². The van der Waals surface area contributed by atoms with Gasteiger partial charge in [0.05, 0.1) is 13.2 Å². The number of nitrogens with zero attached hydrogens (tertiary/aromatic N) is 2. The number of benzene rings is 1. The minimum absolute atomic E-state index is 0.533. The van der Waals surface area contributed by atoms with Crippen molar-refractivity contribution >= 4 is 28.9 Å². The van der Waals surface area contributed by atoms with E-state index in [9.17, 15) is 0 Å². The Hall–Kier alpha value is -0.480. The molecule has 3 nitrogen and oxygen atoms in total. The van der Waals surface area contributed by atoms with Gasteiger partial charge >= 0.3 is 0 Å². The van der Waals surface area contributed by atoms with E-state index in [1.54, 1.807) is 0 Å². The van der Waals surface area contributed by atoms with E-state index in [1.165, 1.54) is 17.7 Å². The summed E-state index contributed by atoms with van der Waals surface area (Å²) in [6.45, 7) is 5.96. The summed E-state index contributed by atoms with van der Waals surface area (Å²) in [6.07, 6.45) is 1.20. The molecular weight excluding hydrogens is 295 g/mol. The van der Waals surface area contributed by atoms with E-state index in [4.69, 9.17) is 27.9 Å². The van der Waals surface area contributed by atoms with Crippen LogP contribution in [0.15, 0.2) is 18.2 Å². The average molecular weight is 315 g/mol. The van der Waals surface area contributed by atoms with Crippen molar-refractivity contribution < 1.29 is 4.74 Å². The fourth-order valence-corrected chi connectivity index (χ4v) is 3.54. The van der Waals surface area contributed by atoms with Gasteiger partial charge in [-0.05, 0) is 24.1 Å². The average Bonchev–Trinajstić information content (AvgIpc) is 2.98. The Morgan fingerprint density at radius 3 is 2.75 bits per heavy atom. The molecule has 20 heavy (non-hydrogen) atoms. The summed E-state index contributed by atoms with van der Waals surface area (Å²) in [6, 6.07) is 6.62. The third-order valence-electron chi connectivity index (χ3n) is 4.26. The molecule has 2 fully saturated rings. The van der Waals surface area contributed by atoms with Crippen LogP contribution in [0.5, 0.6) is 0 Å². The van der Waals surface area contributed by atoms with Gasteiger partial charge in [-0.15, -0.1) is 11.6 Å². The number of hydrogen-bond donors (Lipinski definition) is 0. The van der Waals surface area contributed by atoms with Crippen molar-refractivity contribution in [3.63, 3.8) is 0 Å². The molecule has 1 atom stereocenters. The van der Waals surface area contributed by atoms with Crippen LogP contribution in [0.25, 0.3) is 0 Å². The zero-order chi connectivity index (χ0) is 13.9. The van der Waals surface area contributed by atoms with Crippen molar-refractivity contribution in [3.8, 4) is 0 Å². The largest absolute Gasteiger partial charge is 0.379 e. The standard InChI is InChI=1S/C15H20Cl2N2O/c16-10-12-1-2-13(17)9-15(12)19-4-3-14(11-19)18-5-7-20-8-6-18/h1-2,9,14H,3-8,10-11H2. The summed E-state index contributed by atoms with van der Waals surface area (Å²) < 4.78 is 5.43. The second-order valence-electron chi connectivity index (χ2n) is 5.44. The highest BCUT2D eigenvalue weighted by Gasteiger charge is 2.29. The van der Waals surface area contributed by atoms with Crippen molar-refractivity contribution in [2.45, 2.75) is 18.3 Å². The molecule has 1 aromatic rings. The number of anilines is 1. The van der Waals surface area contributed by atoms with Crippen LogP contribution in [-0.2, 0) is 10.6 Å². The lowest BCUT2D eigenvalue weighted by Gasteiger charge is -2.32. The first-order valence-electron chi connectivity index (χ1n) is 7.19. The van der Waals surface area contributed by atoms with Crippen LogP contribution >= 0.6 is 23.2 Å². The SMILES string of the molecule is ClCc1ccc(Cl)cc1N1CCC(N2CCOCC2)C1. The van der Waals surface area contributed by atoms with Gasteiger partial charge in [-0.2, -0.15) is 0 Å². The Morgan fingerprint density at radius 1 is 1.20 bits per heavy atom. The summed E-state index contributed by atoms with van der Waals surface area (Å²) in [4.78, 5) is 4.97. The van der Waals surface area contributed by atoms with Gasteiger partial charge in [0, 0.05) is 48.8 Å². The van der Waals surface area contributed by atoms with Crippen molar-refractivity contribution in [3.05, 3.63) is 28.8 Å². The summed E-state index contributed by atoms with van der Waals surface area (Å²) in [7, 11) is 0. The van der Waals surface area contributed by atoms with Gasteiger partial charge < -0.3 is 9.64 Å². The lowest BCUT2D eigenvalue weighted by Crippen LogP contribution is -2.44. The molecule has 3 rings (SSSR count). The maximum atomic E-state index is 6.14. The van der Waals surface area contributed by atoms with Crippen LogP contribution in [0.2, 0.25) is 5.02 Å². The molecule has 0 aliphatic carbocycles. The third kappa shape index (κ3) is 3.06.